The summed E-state index contributed by atoms with van der Waals surface area (Å²) in [6.45, 7) is 2.16. The third-order valence-corrected chi connectivity index (χ3v) is 6.43. The van der Waals surface area contributed by atoms with E-state index in [1.54, 1.807) is 37.3 Å². The average Bonchev–Trinajstić information content (AvgIpc) is 3.42. The first-order chi connectivity index (χ1) is 15.4. The number of allylic oxidation sites excluding steroid dienone is 1. The normalized spacial score (nSPS) is 17.6. The van der Waals surface area contributed by atoms with Crippen LogP contribution in [0.2, 0.25) is 5.02 Å². The van der Waals surface area contributed by atoms with Crippen molar-refractivity contribution in [2.75, 3.05) is 14.2 Å². The Hall–Kier alpha value is -2.97. The van der Waals surface area contributed by atoms with Crippen molar-refractivity contribution in [3.63, 3.8) is 0 Å². The number of hydrogen-bond donors (Lipinski definition) is 0. The molecular weight excluding hydrogens is 450 g/mol. The van der Waals surface area contributed by atoms with E-state index in [4.69, 9.17) is 20.8 Å². The monoisotopic (exact) mass is 471 g/mol. The van der Waals surface area contributed by atoms with Crippen molar-refractivity contribution in [2.45, 2.75) is 25.9 Å². The molecule has 2 aliphatic rings. The zero-order valence-electron chi connectivity index (χ0n) is 17.9. The number of ether oxygens (including phenoxy) is 1. The minimum Gasteiger partial charge on any atom is -0.467 e. The van der Waals surface area contributed by atoms with Crippen LogP contribution in [0, 0.1) is 0 Å². The van der Waals surface area contributed by atoms with E-state index in [2.05, 4.69) is 4.99 Å². The SMILES string of the molecule is COC(=O)C1=C(C)N=C2SC=C(CC(=O)N(C)Cc3ccco3)N2C1c1cccc(Cl)c1. The Morgan fingerprint density at radius 1 is 1.31 bits per heavy atom. The van der Waals surface area contributed by atoms with Crippen molar-refractivity contribution in [1.82, 2.24) is 9.80 Å². The molecule has 1 unspecified atom stereocenters. The summed E-state index contributed by atoms with van der Waals surface area (Å²) in [7, 11) is 3.08. The van der Waals surface area contributed by atoms with Crippen LogP contribution in [0.4, 0.5) is 0 Å². The Morgan fingerprint density at radius 3 is 2.81 bits per heavy atom. The average molecular weight is 472 g/mol. The van der Waals surface area contributed by atoms with Gasteiger partial charge in [-0.1, -0.05) is 35.5 Å². The molecule has 1 atom stereocenters. The number of hydrogen-bond acceptors (Lipinski definition) is 7. The molecular formula is C23H22ClN3O4S. The lowest BCUT2D eigenvalue weighted by Gasteiger charge is -2.36. The number of amides is 1. The first kappa shape index (κ1) is 22.2. The molecule has 0 N–H and O–H groups in total. The van der Waals surface area contributed by atoms with Crippen LogP contribution >= 0.6 is 23.4 Å². The number of rotatable bonds is 6. The Morgan fingerprint density at radius 2 is 2.12 bits per heavy atom. The molecule has 0 aliphatic carbocycles. The predicted molar refractivity (Wildman–Crippen MR) is 124 cm³/mol. The molecule has 32 heavy (non-hydrogen) atoms. The molecule has 0 radical (unpaired) electrons. The minimum absolute atomic E-state index is 0.0785. The standard InChI is InChI=1S/C23H22ClN3O4S/c1-14-20(22(29)30-3)21(15-6-4-7-16(24)10-15)27-17(13-32-23(27)25-14)11-19(28)26(2)12-18-8-5-9-31-18/h4-10,13,21H,11-12H2,1-3H3. The first-order valence-electron chi connectivity index (χ1n) is 9.93. The van der Waals surface area contributed by atoms with Gasteiger partial charge in [0.1, 0.15) is 5.76 Å². The lowest BCUT2D eigenvalue weighted by atomic mass is 9.94. The highest BCUT2D eigenvalue weighted by Crippen LogP contribution is 2.45. The van der Waals surface area contributed by atoms with E-state index in [9.17, 15) is 9.59 Å². The topological polar surface area (TPSA) is 75.3 Å². The van der Waals surface area contributed by atoms with Crippen LogP contribution in [0.3, 0.4) is 0 Å². The Labute approximate surface area is 195 Å². The number of aliphatic imine (C=N–C) groups is 1. The summed E-state index contributed by atoms with van der Waals surface area (Å²) in [6.07, 6.45) is 1.73. The quantitative estimate of drug-likeness (QED) is 0.567. The van der Waals surface area contributed by atoms with E-state index < -0.39 is 12.0 Å². The predicted octanol–water partition coefficient (Wildman–Crippen LogP) is 4.73. The molecule has 1 amide bonds. The summed E-state index contributed by atoms with van der Waals surface area (Å²) in [5, 5.41) is 3.17. The maximum atomic E-state index is 13.0. The van der Waals surface area contributed by atoms with Crippen molar-refractivity contribution >= 4 is 40.4 Å². The number of furan rings is 1. The second-order valence-electron chi connectivity index (χ2n) is 7.45. The molecule has 7 nitrogen and oxygen atoms in total. The summed E-state index contributed by atoms with van der Waals surface area (Å²) in [5.74, 6) is 0.164. The number of esters is 1. The van der Waals surface area contributed by atoms with Crippen LogP contribution in [0.25, 0.3) is 0 Å². The highest BCUT2D eigenvalue weighted by Gasteiger charge is 2.41. The van der Waals surface area contributed by atoms with Crippen LogP contribution in [-0.4, -0.2) is 41.0 Å². The maximum absolute atomic E-state index is 13.0. The summed E-state index contributed by atoms with van der Waals surface area (Å²) in [4.78, 5) is 33.9. The molecule has 1 aromatic carbocycles. The number of halogens is 1. The van der Waals surface area contributed by atoms with E-state index in [-0.39, 0.29) is 12.3 Å². The lowest BCUT2D eigenvalue weighted by Crippen LogP contribution is -2.38. The number of carbonyl (C=O) groups is 2. The number of carbonyl (C=O) groups excluding carboxylic acids is 2. The second kappa shape index (κ2) is 9.26. The van der Waals surface area contributed by atoms with Gasteiger partial charge in [-0.15, -0.1) is 0 Å². The number of methoxy groups -OCH3 is 1. The second-order valence-corrected chi connectivity index (χ2v) is 8.72. The molecule has 0 saturated heterocycles. The van der Waals surface area contributed by atoms with E-state index >= 15 is 0 Å². The third kappa shape index (κ3) is 4.33. The van der Waals surface area contributed by atoms with Gasteiger partial charge in [-0.05, 0) is 42.2 Å². The molecule has 2 aromatic rings. The molecule has 0 fully saturated rings. The number of benzene rings is 1. The molecule has 9 heteroatoms. The van der Waals surface area contributed by atoms with Crippen LogP contribution < -0.4 is 0 Å². The van der Waals surface area contributed by atoms with E-state index in [0.29, 0.717) is 33.8 Å². The zero-order valence-corrected chi connectivity index (χ0v) is 19.4. The first-order valence-corrected chi connectivity index (χ1v) is 11.2. The molecule has 4 rings (SSSR count). The Balaban J connectivity index is 1.65. The fourth-order valence-electron chi connectivity index (χ4n) is 3.75. The number of thioether (sulfide) groups is 1. The van der Waals surface area contributed by atoms with Crippen molar-refractivity contribution in [2.24, 2.45) is 4.99 Å². The van der Waals surface area contributed by atoms with Gasteiger partial charge in [0.05, 0.1) is 43.7 Å². The van der Waals surface area contributed by atoms with Gasteiger partial charge >= 0.3 is 5.97 Å². The number of fused-ring (bicyclic) bond motifs is 1. The van der Waals surface area contributed by atoms with E-state index in [0.717, 1.165) is 11.3 Å². The third-order valence-electron chi connectivity index (χ3n) is 5.30. The fourth-order valence-corrected chi connectivity index (χ4v) is 4.91. The molecule has 0 bridgehead atoms. The Bertz CT molecular complexity index is 1140. The number of amidine groups is 1. The molecule has 166 valence electrons. The van der Waals surface area contributed by atoms with Crippen LogP contribution in [0.15, 0.2) is 74.4 Å². The van der Waals surface area contributed by atoms with Gasteiger partial charge in [-0.2, -0.15) is 0 Å². The minimum atomic E-state index is -0.502. The molecule has 3 heterocycles. The highest BCUT2D eigenvalue weighted by molar-refractivity contribution is 8.16. The fraction of sp³-hybridized carbons (Fsp3) is 0.261. The van der Waals surface area contributed by atoms with Gasteiger partial charge in [0, 0.05) is 17.8 Å². The smallest absolute Gasteiger partial charge is 0.338 e. The molecule has 2 aliphatic heterocycles. The van der Waals surface area contributed by atoms with Crippen molar-refractivity contribution in [3.8, 4) is 0 Å². The van der Waals surface area contributed by atoms with Gasteiger partial charge in [-0.25, -0.2) is 9.79 Å². The van der Waals surface area contributed by atoms with Gasteiger partial charge in [0.25, 0.3) is 0 Å². The largest absolute Gasteiger partial charge is 0.467 e. The summed E-state index contributed by atoms with van der Waals surface area (Å²) >= 11 is 7.69. The zero-order chi connectivity index (χ0) is 22.8. The van der Waals surface area contributed by atoms with Crippen molar-refractivity contribution < 1.29 is 18.7 Å². The summed E-state index contributed by atoms with van der Waals surface area (Å²) in [5.41, 5.74) is 2.57. The van der Waals surface area contributed by atoms with Crippen molar-refractivity contribution in [1.29, 1.82) is 0 Å². The number of nitrogens with zero attached hydrogens (tertiary/aromatic N) is 3. The summed E-state index contributed by atoms with van der Waals surface area (Å²) in [6, 6.07) is 10.5. The van der Waals surface area contributed by atoms with Crippen molar-refractivity contribution in [3.05, 3.63) is 81.4 Å². The highest BCUT2D eigenvalue weighted by atomic mass is 35.5. The Kier molecular flexibility index (Phi) is 6.43. The summed E-state index contributed by atoms with van der Waals surface area (Å²) < 4.78 is 10.4. The van der Waals surface area contributed by atoms with Gasteiger partial charge in [-0.3, -0.25) is 4.79 Å². The molecule has 0 spiro atoms. The molecule has 0 saturated carbocycles. The van der Waals surface area contributed by atoms with Gasteiger partial charge in [0.15, 0.2) is 5.17 Å². The maximum Gasteiger partial charge on any atom is 0.338 e. The molecule has 1 aromatic heterocycles. The van der Waals surface area contributed by atoms with E-state index in [1.807, 2.05) is 34.6 Å². The van der Waals surface area contributed by atoms with Gasteiger partial charge < -0.3 is 19.0 Å². The lowest BCUT2D eigenvalue weighted by molar-refractivity contribution is -0.136. The van der Waals surface area contributed by atoms with Crippen LogP contribution in [-0.2, 0) is 20.9 Å². The van der Waals surface area contributed by atoms with Gasteiger partial charge in [0.2, 0.25) is 5.91 Å². The van der Waals surface area contributed by atoms with Crippen LogP contribution in [0.5, 0.6) is 0 Å². The van der Waals surface area contributed by atoms with Crippen LogP contribution in [0.1, 0.15) is 30.7 Å². The van der Waals surface area contributed by atoms with E-state index in [1.165, 1.54) is 18.9 Å².